The van der Waals surface area contributed by atoms with E-state index in [9.17, 15) is 5.11 Å². The minimum Gasteiger partial charge on any atom is -0.392 e. The summed E-state index contributed by atoms with van der Waals surface area (Å²) in [4.78, 5) is 4.25. The molecule has 4 rings (SSSR count). The number of hydrogen-bond acceptors (Lipinski definition) is 2. The number of para-hydroxylation sites is 1. The van der Waals surface area contributed by atoms with Crippen LogP contribution in [0.2, 0.25) is 0 Å². The number of aliphatic hydroxyl groups excluding tert-OH is 1. The molecule has 0 fully saturated rings. The minimum absolute atomic E-state index is 0.0517. The van der Waals surface area contributed by atoms with Gasteiger partial charge in [0.2, 0.25) is 0 Å². The summed E-state index contributed by atoms with van der Waals surface area (Å²) in [5.41, 5.74) is 6.83. The fraction of sp³-hybridized carbons (Fsp3) is 0.136. The van der Waals surface area contributed by atoms with Crippen LogP contribution in [0.1, 0.15) is 16.7 Å². The van der Waals surface area contributed by atoms with E-state index in [0.29, 0.717) is 0 Å². The van der Waals surface area contributed by atoms with Crippen molar-refractivity contribution in [3.8, 4) is 11.3 Å². The monoisotopic (exact) mass is 328 g/mol. The number of hydrogen-bond donors (Lipinski definition) is 1. The average Bonchev–Trinajstić information content (AvgIpc) is 3.01. The summed E-state index contributed by atoms with van der Waals surface area (Å²) >= 11 is 0. The Morgan fingerprint density at radius 1 is 0.960 bits per heavy atom. The van der Waals surface area contributed by atoms with Gasteiger partial charge in [-0.1, -0.05) is 36.4 Å². The second kappa shape index (κ2) is 6.54. The van der Waals surface area contributed by atoms with Crippen LogP contribution in [-0.2, 0) is 13.2 Å². The van der Waals surface area contributed by atoms with Crippen LogP contribution in [0.5, 0.6) is 0 Å². The molecule has 124 valence electrons. The summed E-state index contributed by atoms with van der Waals surface area (Å²) < 4.78 is 2.33. The highest BCUT2D eigenvalue weighted by atomic mass is 16.3. The van der Waals surface area contributed by atoms with Crippen molar-refractivity contribution in [2.75, 3.05) is 0 Å². The minimum atomic E-state index is 0.0517. The van der Waals surface area contributed by atoms with Crippen LogP contribution in [-0.4, -0.2) is 14.7 Å². The third-order valence-corrected chi connectivity index (χ3v) is 4.63. The van der Waals surface area contributed by atoms with Crippen LogP contribution in [0, 0.1) is 6.92 Å². The van der Waals surface area contributed by atoms with E-state index in [1.54, 1.807) is 6.20 Å². The van der Waals surface area contributed by atoms with Gasteiger partial charge in [-0.15, -0.1) is 0 Å². The van der Waals surface area contributed by atoms with E-state index >= 15 is 0 Å². The van der Waals surface area contributed by atoms with E-state index in [2.05, 4.69) is 65.0 Å². The highest BCUT2D eigenvalue weighted by Gasteiger charge is 2.13. The Bertz CT molecular complexity index is 1020. The quantitative estimate of drug-likeness (QED) is 0.597. The lowest BCUT2D eigenvalue weighted by molar-refractivity contribution is 0.282. The van der Waals surface area contributed by atoms with Gasteiger partial charge in [0, 0.05) is 41.1 Å². The molecule has 25 heavy (non-hydrogen) atoms. The maximum atomic E-state index is 9.53. The normalized spacial score (nSPS) is 11.1. The predicted octanol–water partition coefficient (Wildman–Crippen LogP) is 4.55. The molecule has 0 aliphatic carbocycles. The van der Waals surface area contributed by atoms with E-state index in [0.717, 1.165) is 23.4 Å². The van der Waals surface area contributed by atoms with Gasteiger partial charge in [0.15, 0.2) is 0 Å². The molecule has 0 saturated heterocycles. The first-order valence-corrected chi connectivity index (χ1v) is 8.44. The smallest absolute Gasteiger partial charge is 0.0682 e. The van der Waals surface area contributed by atoms with Crippen LogP contribution >= 0.6 is 0 Å². The Labute approximate surface area is 147 Å². The average molecular weight is 328 g/mol. The maximum Gasteiger partial charge on any atom is 0.0682 e. The summed E-state index contributed by atoms with van der Waals surface area (Å²) in [7, 11) is 0. The van der Waals surface area contributed by atoms with Crippen molar-refractivity contribution < 1.29 is 5.11 Å². The van der Waals surface area contributed by atoms with E-state index in [1.807, 2.05) is 18.3 Å². The Morgan fingerprint density at radius 2 is 1.84 bits per heavy atom. The van der Waals surface area contributed by atoms with Crippen molar-refractivity contribution in [1.29, 1.82) is 0 Å². The summed E-state index contributed by atoms with van der Waals surface area (Å²) in [6, 6.07) is 20.9. The third kappa shape index (κ3) is 2.94. The molecule has 0 saturated carbocycles. The highest BCUT2D eigenvalue weighted by molar-refractivity contribution is 5.87. The highest BCUT2D eigenvalue weighted by Crippen LogP contribution is 2.31. The van der Waals surface area contributed by atoms with Crippen LogP contribution in [0.3, 0.4) is 0 Å². The summed E-state index contributed by atoms with van der Waals surface area (Å²) in [5.74, 6) is 0. The van der Waals surface area contributed by atoms with Gasteiger partial charge in [0.1, 0.15) is 0 Å². The number of aliphatic hydroxyl groups is 1. The van der Waals surface area contributed by atoms with Gasteiger partial charge in [-0.05, 0) is 47.9 Å². The Kier molecular flexibility index (Phi) is 4.08. The zero-order chi connectivity index (χ0) is 17.2. The Hall–Kier alpha value is -2.91. The molecule has 3 nitrogen and oxygen atoms in total. The van der Waals surface area contributed by atoms with Crippen LogP contribution in [0.25, 0.3) is 22.2 Å². The number of benzene rings is 2. The number of nitrogens with zero attached hydrogens (tertiary/aromatic N) is 2. The Balaban J connectivity index is 1.93. The van der Waals surface area contributed by atoms with Crippen molar-refractivity contribution in [3.05, 3.63) is 89.7 Å². The zero-order valence-electron chi connectivity index (χ0n) is 14.2. The molecule has 0 bridgehead atoms. The number of aromatic nitrogens is 2. The van der Waals surface area contributed by atoms with Crippen LogP contribution in [0.4, 0.5) is 0 Å². The molecule has 3 heteroatoms. The Morgan fingerprint density at radius 3 is 2.64 bits per heavy atom. The fourth-order valence-corrected chi connectivity index (χ4v) is 3.32. The summed E-state index contributed by atoms with van der Waals surface area (Å²) in [6.45, 7) is 2.93. The molecule has 0 amide bonds. The third-order valence-electron chi connectivity index (χ3n) is 4.63. The van der Waals surface area contributed by atoms with Gasteiger partial charge in [-0.25, -0.2) is 0 Å². The number of pyridine rings is 1. The SMILES string of the molecule is Cc1ccc(CO)cc1-c1cc2ccccc2n1Cc1cccnc1. The standard InChI is InChI=1S/C22H20N2O/c1-16-8-9-17(15-25)11-20(16)22-12-19-6-2-3-7-21(19)24(22)14-18-5-4-10-23-13-18/h2-13,25H,14-15H2,1H3. The summed E-state index contributed by atoms with van der Waals surface area (Å²) in [5, 5.41) is 10.7. The van der Waals surface area contributed by atoms with Crippen LogP contribution in [0.15, 0.2) is 73.1 Å². The molecule has 2 heterocycles. The lowest BCUT2D eigenvalue weighted by Gasteiger charge is -2.14. The van der Waals surface area contributed by atoms with Gasteiger partial charge < -0.3 is 9.67 Å². The first-order valence-electron chi connectivity index (χ1n) is 8.44. The molecule has 0 aliphatic heterocycles. The van der Waals surface area contributed by atoms with Crippen molar-refractivity contribution in [2.45, 2.75) is 20.1 Å². The molecule has 0 spiro atoms. The lowest BCUT2D eigenvalue weighted by atomic mass is 10.0. The second-order valence-electron chi connectivity index (χ2n) is 6.34. The largest absolute Gasteiger partial charge is 0.392 e. The van der Waals surface area contributed by atoms with Crippen molar-refractivity contribution >= 4 is 10.9 Å². The van der Waals surface area contributed by atoms with Gasteiger partial charge in [-0.3, -0.25) is 4.98 Å². The van der Waals surface area contributed by atoms with Gasteiger partial charge >= 0.3 is 0 Å². The predicted molar refractivity (Wildman–Crippen MR) is 101 cm³/mol. The molecule has 1 N–H and O–H groups in total. The molecule has 0 radical (unpaired) electrons. The molecular weight excluding hydrogens is 308 g/mol. The molecule has 4 aromatic rings. The van der Waals surface area contributed by atoms with E-state index < -0.39 is 0 Å². The van der Waals surface area contributed by atoms with Crippen molar-refractivity contribution in [1.82, 2.24) is 9.55 Å². The van der Waals surface area contributed by atoms with Gasteiger partial charge in [-0.2, -0.15) is 0 Å². The van der Waals surface area contributed by atoms with Crippen molar-refractivity contribution in [2.24, 2.45) is 0 Å². The molecular formula is C22H20N2O. The molecule has 2 aromatic heterocycles. The van der Waals surface area contributed by atoms with Crippen molar-refractivity contribution in [3.63, 3.8) is 0 Å². The number of aryl methyl sites for hydroxylation is 1. The number of fused-ring (bicyclic) bond motifs is 1. The van der Waals surface area contributed by atoms with Gasteiger partial charge in [0.05, 0.1) is 6.61 Å². The van der Waals surface area contributed by atoms with E-state index in [4.69, 9.17) is 0 Å². The van der Waals surface area contributed by atoms with E-state index in [-0.39, 0.29) is 6.61 Å². The van der Waals surface area contributed by atoms with Crippen LogP contribution < -0.4 is 0 Å². The molecule has 2 aromatic carbocycles. The molecule has 0 aliphatic rings. The number of rotatable bonds is 4. The summed E-state index contributed by atoms with van der Waals surface area (Å²) in [6.07, 6.45) is 3.71. The lowest BCUT2D eigenvalue weighted by Crippen LogP contribution is -2.03. The maximum absolute atomic E-state index is 9.53. The van der Waals surface area contributed by atoms with E-state index in [1.165, 1.54) is 22.0 Å². The first-order chi connectivity index (χ1) is 12.3. The topological polar surface area (TPSA) is 38.0 Å². The fourth-order valence-electron chi connectivity index (χ4n) is 3.32. The molecule has 0 unspecified atom stereocenters. The molecule has 0 atom stereocenters. The zero-order valence-corrected chi connectivity index (χ0v) is 14.2. The second-order valence-corrected chi connectivity index (χ2v) is 6.34. The van der Waals surface area contributed by atoms with Gasteiger partial charge in [0.25, 0.3) is 0 Å². The first kappa shape index (κ1) is 15.6.